The molecule has 0 saturated heterocycles. The van der Waals surface area contributed by atoms with Crippen molar-refractivity contribution in [2.75, 3.05) is 0 Å². The Hall–Kier alpha value is -1.76. The molecule has 86 valence electrons. The first-order valence-electron chi connectivity index (χ1n) is 6.19. The zero-order valence-corrected chi connectivity index (χ0v) is 10.4. The van der Waals surface area contributed by atoms with Gasteiger partial charge in [-0.1, -0.05) is 30.7 Å². The summed E-state index contributed by atoms with van der Waals surface area (Å²) >= 11 is 0. The molecule has 0 saturated carbocycles. The van der Waals surface area contributed by atoms with E-state index in [1.807, 2.05) is 0 Å². The van der Waals surface area contributed by atoms with Crippen LogP contribution in [0.15, 0.2) is 48.3 Å². The van der Waals surface area contributed by atoms with Crippen molar-refractivity contribution in [1.82, 2.24) is 4.57 Å². The highest BCUT2D eigenvalue weighted by Gasteiger charge is 2.17. The summed E-state index contributed by atoms with van der Waals surface area (Å²) in [7, 11) is 0. The van der Waals surface area contributed by atoms with Gasteiger partial charge >= 0.3 is 0 Å². The molecule has 3 rings (SSSR count). The Labute approximate surface area is 102 Å². The molecule has 1 aliphatic rings. The highest BCUT2D eigenvalue weighted by atomic mass is 14.9. The van der Waals surface area contributed by atoms with Crippen molar-refractivity contribution in [2.24, 2.45) is 5.92 Å². The third-order valence-corrected chi connectivity index (χ3v) is 3.74. The minimum atomic E-state index is 0.652. The summed E-state index contributed by atoms with van der Waals surface area (Å²) in [4.78, 5) is 0. The molecule has 1 nitrogen and oxygen atoms in total. The second-order valence-corrected chi connectivity index (χ2v) is 4.93. The zero-order chi connectivity index (χ0) is 11.8. The zero-order valence-electron chi connectivity index (χ0n) is 10.4. The molecule has 0 unspecified atom stereocenters. The molecule has 1 aliphatic carbocycles. The lowest BCUT2D eigenvalue weighted by Gasteiger charge is -2.23. The van der Waals surface area contributed by atoms with Gasteiger partial charge in [-0.2, -0.15) is 0 Å². The number of hydrogen-bond acceptors (Lipinski definition) is 0. The first-order valence-corrected chi connectivity index (χ1v) is 6.19. The van der Waals surface area contributed by atoms with E-state index >= 15 is 0 Å². The molecule has 1 heteroatoms. The summed E-state index contributed by atoms with van der Waals surface area (Å²) in [6, 6.07) is 10.7. The standard InChI is InChI=1S/C16H17N/c1-12-10-14-6-5-7-16(15(14)11-13(12)2)17-8-3-4-9-17/h3-10,13H,11H2,1-2H3/t13-/m0/s1. The average molecular weight is 223 g/mol. The molecule has 1 aromatic carbocycles. The van der Waals surface area contributed by atoms with Crippen LogP contribution in [0.5, 0.6) is 0 Å². The van der Waals surface area contributed by atoms with Gasteiger partial charge in [-0.15, -0.1) is 0 Å². The van der Waals surface area contributed by atoms with Gasteiger partial charge in [-0.25, -0.2) is 0 Å². The summed E-state index contributed by atoms with van der Waals surface area (Å²) in [6.45, 7) is 4.54. The van der Waals surface area contributed by atoms with Crippen molar-refractivity contribution in [1.29, 1.82) is 0 Å². The Morgan fingerprint density at radius 1 is 1.12 bits per heavy atom. The maximum atomic E-state index is 2.33. The maximum absolute atomic E-state index is 2.33. The molecule has 0 N–H and O–H groups in total. The molecular weight excluding hydrogens is 206 g/mol. The second-order valence-electron chi connectivity index (χ2n) is 4.93. The number of hydrogen-bond donors (Lipinski definition) is 0. The minimum Gasteiger partial charge on any atom is -0.324 e. The highest BCUT2D eigenvalue weighted by Crippen LogP contribution is 2.31. The molecule has 0 fully saturated rings. The van der Waals surface area contributed by atoms with E-state index < -0.39 is 0 Å². The van der Waals surface area contributed by atoms with Crippen molar-refractivity contribution < 1.29 is 0 Å². The van der Waals surface area contributed by atoms with Gasteiger partial charge in [0.2, 0.25) is 0 Å². The van der Waals surface area contributed by atoms with Gasteiger partial charge < -0.3 is 4.57 Å². The van der Waals surface area contributed by atoms with Gasteiger partial charge in [0.15, 0.2) is 0 Å². The predicted molar refractivity (Wildman–Crippen MR) is 72.3 cm³/mol. The lowest BCUT2D eigenvalue weighted by molar-refractivity contribution is 0.669. The number of aromatic nitrogens is 1. The topological polar surface area (TPSA) is 4.93 Å². The summed E-state index contributed by atoms with van der Waals surface area (Å²) in [5.74, 6) is 0.652. The first kappa shape index (κ1) is 10.4. The van der Waals surface area contributed by atoms with Crippen LogP contribution in [0.25, 0.3) is 11.8 Å². The summed E-state index contributed by atoms with van der Waals surface area (Å²) in [5, 5.41) is 0. The van der Waals surface area contributed by atoms with Crippen LogP contribution in [0.3, 0.4) is 0 Å². The van der Waals surface area contributed by atoms with Gasteiger partial charge in [0, 0.05) is 18.1 Å². The Morgan fingerprint density at radius 2 is 1.88 bits per heavy atom. The van der Waals surface area contributed by atoms with E-state index in [4.69, 9.17) is 0 Å². The van der Waals surface area contributed by atoms with Crippen LogP contribution in [-0.4, -0.2) is 4.57 Å². The van der Waals surface area contributed by atoms with Crippen LogP contribution in [0, 0.1) is 5.92 Å². The highest BCUT2D eigenvalue weighted by molar-refractivity contribution is 5.65. The van der Waals surface area contributed by atoms with Gasteiger partial charge in [-0.3, -0.25) is 0 Å². The Morgan fingerprint density at radius 3 is 2.65 bits per heavy atom. The van der Waals surface area contributed by atoms with E-state index in [0.717, 1.165) is 6.42 Å². The molecule has 0 bridgehead atoms. The van der Waals surface area contributed by atoms with Gasteiger partial charge in [0.25, 0.3) is 0 Å². The van der Waals surface area contributed by atoms with E-state index in [9.17, 15) is 0 Å². The van der Waals surface area contributed by atoms with Crippen LogP contribution in [-0.2, 0) is 6.42 Å². The van der Waals surface area contributed by atoms with Gasteiger partial charge in [0.05, 0.1) is 0 Å². The maximum Gasteiger partial charge on any atom is 0.0487 e. The van der Waals surface area contributed by atoms with Crippen molar-refractivity contribution >= 4 is 6.08 Å². The number of allylic oxidation sites excluding steroid dienone is 1. The fourth-order valence-corrected chi connectivity index (χ4v) is 2.54. The average Bonchev–Trinajstić information content (AvgIpc) is 2.83. The summed E-state index contributed by atoms with van der Waals surface area (Å²) < 4.78 is 2.21. The SMILES string of the molecule is CC1=Cc2cccc(-n3cccc3)c2C[C@@H]1C. The number of fused-ring (bicyclic) bond motifs is 1. The molecular formula is C16H17N. The molecule has 1 heterocycles. The smallest absolute Gasteiger partial charge is 0.0487 e. The van der Waals surface area contributed by atoms with Crippen molar-refractivity contribution in [2.45, 2.75) is 20.3 Å². The molecule has 0 aliphatic heterocycles. The molecule has 1 atom stereocenters. The van der Waals surface area contributed by atoms with Gasteiger partial charge in [-0.05, 0) is 48.6 Å². The monoisotopic (exact) mass is 223 g/mol. The van der Waals surface area contributed by atoms with E-state index in [2.05, 4.69) is 67.2 Å². The van der Waals surface area contributed by atoms with E-state index in [1.165, 1.54) is 22.4 Å². The molecule has 0 radical (unpaired) electrons. The predicted octanol–water partition coefficient (Wildman–Crippen LogP) is 4.07. The first-order chi connectivity index (χ1) is 8.25. The van der Waals surface area contributed by atoms with Crippen molar-refractivity contribution in [3.05, 3.63) is 59.4 Å². The molecule has 2 aromatic rings. The largest absolute Gasteiger partial charge is 0.324 e. The molecule has 17 heavy (non-hydrogen) atoms. The third-order valence-electron chi connectivity index (χ3n) is 3.74. The van der Waals surface area contributed by atoms with Crippen LogP contribution < -0.4 is 0 Å². The van der Waals surface area contributed by atoms with Crippen molar-refractivity contribution in [3.63, 3.8) is 0 Å². The van der Waals surface area contributed by atoms with Crippen LogP contribution in [0.1, 0.15) is 25.0 Å². The number of benzene rings is 1. The normalized spacial score (nSPS) is 18.7. The lowest BCUT2D eigenvalue weighted by atomic mass is 9.84. The molecule has 0 amide bonds. The van der Waals surface area contributed by atoms with Gasteiger partial charge in [0.1, 0.15) is 0 Å². The van der Waals surface area contributed by atoms with E-state index in [-0.39, 0.29) is 0 Å². The van der Waals surface area contributed by atoms with E-state index in [1.54, 1.807) is 0 Å². The van der Waals surface area contributed by atoms with Crippen LogP contribution in [0.4, 0.5) is 0 Å². The molecule has 1 aromatic heterocycles. The summed E-state index contributed by atoms with van der Waals surface area (Å²) in [6.07, 6.45) is 7.71. The number of rotatable bonds is 1. The fourth-order valence-electron chi connectivity index (χ4n) is 2.54. The lowest BCUT2D eigenvalue weighted by Crippen LogP contribution is -2.11. The third kappa shape index (κ3) is 1.72. The Kier molecular flexibility index (Phi) is 2.40. The number of nitrogens with zero attached hydrogens (tertiary/aromatic N) is 1. The minimum absolute atomic E-state index is 0.652. The summed E-state index contributed by atoms with van der Waals surface area (Å²) in [5.41, 5.74) is 5.67. The van der Waals surface area contributed by atoms with Crippen molar-refractivity contribution in [3.8, 4) is 5.69 Å². The quantitative estimate of drug-likeness (QED) is 0.686. The fraction of sp³-hybridized carbons (Fsp3) is 0.250. The molecule has 0 spiro atoms. The van der Waals surface area contributed by atoms with Crippen LogP contribution in [0.2, 0.25) is 0 Å². The Bertz CT molecular complexity index is 561. The van der Waals surface area contributed by atoms with E-state index in [0.29, 0.717) is 5.92 Å². The second kappa shape index (κ2) is 3.92. The Balaban J connectivity index is 2.18. The van der Waals surface area contributed by atoms with Crippen LogP contribution >= 0.6 is 0 Å².